The molecule has 0 aromatic rings. The molecule has 1 aliphatic carbocycles. The normalized spacial score (nSPS) is 31.4. The number of hydrogen-bond donors (Lipinski definition) is 0. The van der Waals surface area contributed by atoms with Gasteiger partial charge in [0.2, 0.25) is 0 Å². The highest BCUT2D eigenvalue weighted by molar-refractivity contribution is 4.88. The molecule has 0 aromatic heterocycles. The Labute approximate surface area is 109 Å². The second kappa shape index (κ2) is 5.97. The smallest absolute Gasteiger partial charge is 0.257 e. The van der Waals surface area contributed by atoms with Crippen molar-refractivity contribution in [1.29, 1.82) is 0 Å². The zero-order valence-corrected chi connectivity index (χ0v) is 11.3. The maximum Gasteiger partial charge on any atom is 0.257 e. The van der Waals surface area contributed by atoms with Gasteiger partial charge in [-0.1, -0.05) is 26.2 Å². The molecule has 1 heterocycles. The van der Waals surface area contributed by atoms with Gasteiger partial charge in [-0.15, -0.1) is 0 Å². The highest BCUT2D eigenvalue weighted by atomic mass is 16.6. The van der Waals surface area contributed by atoms with Gasteiger partial charge in [0.05, 0.1) is 13.3 Å². The second-order valence-electron chi connectivity index (χ2n) is 5.75. The van der Waals surface area contributed by atoms with E-state index >= 15 is 0 Å². The van der Waals surface area contributed by atoms with Crippen LogP contribution >= 0.6 is 0 Å². The fraction of sp³-hybridized carbons (Fsp3) is 1.00. The lowest BCUT2D eigenvalue weighted by Crippen LogP contribution is -2.59. The SMILES string of the molecule is CCC[C@@]1([N+](=O)[O-])COCN(C2CCCCC2)C1. The topological polar surface area (TPSA) is 55.6 Å². The van der Waals surface area contributed by atoms with Gasteiger partial charge < -0.3 is 4.74 Å². The van der Waals surface area contributed by atoms with E-state index < -0.39 is 5.54 Å². The maximum atomic E-state index is 11.4. The summed E-state index contributed by atoms with van der Waals surface area (Å²) >= 11 is 0. The average Bonchev–Trinajstić information content (AvgIpc) is 2.40. The van der Waals surface area contributed by atoms with Crippen LogP contribution in [0.5, 0.6) is 0 Å². The van der Waals surface area contributed by atoms with Crippen molar-refractivity contribution in [2.24, 2.45) is 0 Å². The van der Waals surface area contributed by atoms with Crippen molar-refractivity contribution in [3.05, 3.63) is 10.1 Å². The zero-order valence-electron chi connectivity index (χ0n) is 11.3. The number of hydrogen-bond acceptors (Lipinski definition) is 4. The first-order valence-corrected chi connectivity index (χ1v) is 7.14. The van der Waals surface area contributed by atoms with Crippen molar-refractivity contribution >= 4 is 0 Å². The summed E-state index contributed by atoms with van der Waals surface area (Å²) in [6, 6.07) is 0.496. The van der Waals surface area contributed by atoms with Gasteiger partial charge in [0.15, 0.2) is 0 Å². The molecular weight excluding hydrogens is 232 g/mol. The van der Waals surface area contributed by atoms with Gasteiger partial charge in [0.25, 0.3) is 5.54 Å². The summed E-state index contributed by atoms with van der Waals surface area (Å²) in [5, 5.41) is 11.4. The highest BCUT2D eigenvalue weighted by Gasteiger charge is 2.47. The molecule has 1 atom stereocenters. The lowest BCUT2D eigenvalue weighted by molar-refractivity contribution is -0.583. The van der Waals surface area contributed by atoms with Crippen molar-refractivity contribution in [3.63, 3.8) is 0 Å². The van der Waals surface area contributed by atoms with Crippen LogP contribution in [0.4, 0.5) is 0 Å². The molecule has 0 spiro atoms. The molecule has 0 aromatic carbocycles. The Hall–Kier alpha value is -0.680. The molecule has 0 unspecified atom stereocenters. The Morgan fingerprint density at radius 2 is 2.11 bits per heavy atom. The summed E-state index contributed by atoms with van der Waals surface area (Å²) in [6.45, 7) is 3.42. The molecule has 2 fully saturated rings. The monoisotopic (exact) mass is 256 g/mol. The van der Waals surface area contributed by atoms with Gasteiger partial charge in [-0.05, 0) is 19.3 Å². The minimum absolute atomic E-state index is 0.106. The van der Waals surface area contributed by atoms with Crippen molar-refractivity contribution in [2.45, 2.75) is 63.5 Å². The molecule has 5 heteroatoms. The van der Waals surface area contributed by atoms with E-state index in [2.05, 4.69) is 4.90 Å². The summed E-state index contributed by atoms with van der Waals surface area (Å²) in [5.41, 5.74) is -0.871. The molecule has 0 radical (unpaired) electrons. The Bertz CT molecular complexity index is 288. The van der Waals surface area contributed by atoms with Crippen molar-refractivity contribution in [1.82, 2.24) is 4.90 Å². The van der Waals surface area contributed by atoms with Crippen molar-refractivity contribution < 1.29 is 9.66 Å². The standard InChI is InChI=1S/C13H24N2O3/c1-2-8-13(15(16)17)9-14(11-18-10-13)12-6-4-3-5-7-12/h12H,2-11H2,1H3/t13-/m0/s1. The maximum absolute atomic E-state index is 11.4. The summed E-state index contributed by atoms with van der Waals surface area (Å²) in [7, 11) is 0. The molecule has 1 aliphatic heterocycles. The fourth-order valence-electron chi connectivity index (χ4n) is 3.32. The molecular formula is C13H24N2O3. The lowest BCUT2D eigenvalue weighted by atomic mass is 9.89. The number of rotatable bonds is 4. The van der Waals surface area contributed by atoms with E-state index in [4.69, 9.17) is 4.74 Å². The largest absolute Gasteiger partial charge is 0.359 e. The van der Waals surface area contributed by atoms with E-state index in [1.54, 1.807) is 0 Å². The van der Waals surface area contributed by atoms with E-state index in [1.165, 1.54) is 32.1 Å². The Balaban J connectivity index is 2.03. The van der Waals surface area contributed by atoms with Gasteiger partial charge in [0.1, 0.15) is 6.61 Å². The van der Waals surface area contributed by atoms with E-state index in [-0.39, 0.29) is 11.5 Å². The van der Waals surface area contributed by atoms with Gasteiger partial charge >= 0.3 is 0 Å². The number of nitro groups is 1. The van der Waals surface area contributed by atoms with Gasteiger partial charge in [-0.25, -0.2) is 0 Å². The van der Waals surface area contributed by atoms with Crippen LogP contribution in [0, 0.1) is 10.1 Å². The summed E-state index contributed by atoms with van der Waals surface area (Å²) in [5.74, 6) is 0. The minimum atomic E-state index is -0.871. The third-order valence-electron chi connectivity index (χ3n) is 4.32. The van der Waals surface area contributed by atoms with Gasteiger partial charge in [-0.3, -0.25) is 15.0 Å². The molecule has 1 saturated carbocycles. The first kappa shape index (κ1) is 13.7. The average molecular weight is 256 g/mol. The molecule has 5 nitrogen and oxygen atoms in total. The molecule has 2 aliphatic rings. The number of ether oxygens (including phenoxy) is 1. The fourth-order valence-corrected chi connectivity index (χ4v) is 3.32. The minimum Gasteiger partial charge on any atom is -0.359 e. The Morgan fingerprint density at radius 1 is 1.39 bits per heavy atom. The summed E-state index contributed by atoms with van der Waals surface area (Å²) in [6.07, 6.45) is 7.60. The predicted molar refractivity (Wildman–Crippen MR) is 69.0 cm³/mol. The van der Waals surface area contributed by atoms with Crippen LogP contribution in [0.25, 0.3) is 0 Å². The van der Waals surface area contributed by atoms with E-state index in [0.717, 1.165) is 6.42 Å². The van der Waals surface area contributed by atoms with Crippen molar-refractivity contribution in [3.8, 4) is 0 Å². The third-order valence-corrected chi connectivity index (χ3v) is 4.32. The highest BCUT2D eigenvalue weighted by Crippen LogP contribution is 2.29. The molecule has 18 heavy (non-hydrogen) atoms. The molecule has 0 amide bonds. The molecule has 0 bridgehead atoms. The number of nitrogens with zero attached hydrogens (tertiary/aromatic N) is 2. The van der Waals surface area contributed by atoms with Crippen LogP contribution in [-0.2, 0) is 4.74 Å². The zero-order chi connectivity index (χ0) is 13.0. The van der Waals surface area contributed by atoms with Crippen LogP contribution in [0.15, 0.2) is 0 Å². The second-order valence-corrected chi connectivity index (χ2v) is 5.75. The van der Waals surface area contributed by atoms with E-state index in [0.29, 0.717) is 25.7 Å². The quantitative estimate of drug-likeness (QED) is 0.572. The Morgan fingerprint density at radius 3 is 2.72 bits per heavy atom. The lowest BCUT2D eigenvalue weighted by Gasteiger charge is -2.41. The van der Waals surface area contributed by atoms with Crippen LogP contribution in [0.1, 0.15) is 51.9 Å². The van der Waals surface area contributed by atoms with E-state index in [9.17, 15) is 10.1 Å². The van der Waals surface area contributed by atoms with Crippen LogP contribution in [-0.4, -0.2) is 41.3 Å². The predicted octanol–water partition coefficient (Wildman–Crippen LogP) is 2.42. The van der Waals surface area contributed by atoms with Crippen LogP contribution in [0.3, 0.4) is 0 Å². The first-order chi connectivity index (χ1) is 8.68. The van der Waals surface area contributed by atoms with Gasteiger partial charge in [0, 0.05) is 17.4 Å². The van der Waals surface area contributed by atoms with Crippen LogP contribution in [0.2, 0.25) is 0 Å². The molecule has 2 rings (SSSR count). The van der Waals surface area contributed by atoms with Crippen LogP contribution < -0.4 is 0 Å². The van der Waals surface area contributed by atoms with Gasteiger partial charge in [-0.2, -0.15) is 0 Å². The first-order valence-electron chi connectivity index (χ1n) is 7.14. The summed E-state index contributed by atoms with van der Waals surface area (Å²) < 4.78 is 5.55. The van der Waals surface area contributed by atoms with Crippen molar-refractivity contribution in [2.75, 3.05) is 19.9 Å². The molecule has 1 saturated heterocycles. The molecule has 104 valence electrons. The molecule has 0 N–H and O–H groups in total. The summed E-state index contributed by atoms with van der Waals surface area (Å²) in [4.78, 5) is 13.5. The van der Waals surface area contributed by atoms with E-state index in [1.807, 2.05) is 6.92 Å². The third kappa shape index (κ3) is 2.83. The Kier molecular flexibility index (Phi) is 4.56.